The molecule has 2 atom stereocenters. The van der Waals surface area contributed by atoms with Gasteiger partial charge in [-0.2, -0.15) is 0 Å². The Balaban J connectivity index is 2.35. The predicted octanol–water partition coefficient (Wildman–Crippen LogP) is 1.86. The lowest BCUT2D eigenvalue weighted by Crippen LogP contribution is -2.40. The van der Waals surface area contributed by atoms with Gasteiger partial charge in [-0.3, -0.25) is 9.78 Å². The van der Waals surface area contributed by atoms with Gasteiger partial charge >= 0.3 is 0 Å². The molecule has 1 N–H and O–H groups in total. The average molecular weight is 336 g/mol. The van der Waals surface area contributed by atoms with Crippen LogP contribution < -0.4 is 5.32 Å². The van der Waals surface area contributed by atoms with Crippen molar-refractivity contribution in [3.63, 3.8) is 0 Å². The van der Waals surface area contributed by atoms with Gasteiger partial charge in [-0.05, 0) is 36.8 Å². The molecule has 23 heavy (non-hydrogen) atoms. The second-order valence-corrected chi connectivity index (χ2v) is 7.59. The summed E-state index contributed by atoms with van der Waals surface area (Å²) in [5, 5.41) is 1.49. The molecule has 0 fully saturated rings. The number of rotatable bonds is 5. The normalized spacial score (nSPS) is 14.0. The van der Waals surface area contributed by atoms with Crippen molar-refractivity contribution in [2.24, 2.45) is 0 Å². The van der Waals surface area contributed by atoms with Crippen molar-refractivity contribution in [1.82, 2.24) is 10.3 Å². The monoisotopic (exact) mass is 336 g/mol. The van der Waals surface area contributed by atoms with E-state index in [-0.39, 0.29) is 0 Å². The van der Waals surface area contributed by atoms with Crippen LogP contribution in [0.5, 0.6) is 0 Å². The largest absolute Gasteiger partial charge is 0.342 e. The molecule has 122 valence electrons. The van der Waals surface area contributed by atoms with Crippen LogP contribution in [0, 0.1) is 5.82 Å². The highest BCUT2D eigenvalue weighted by molar-refractivity contribution is 7.92. The molecular weight excluding hydrogens is 319 g/mol. The van der Waals surface area contributed by atoms with Crippen LogP contribution in [0.3, 0.4) is 0 Å². The minimum absolute atomic E-state index is 0.399. The Hall–Kier alpha value is -2.28. The molecule has 0 radical (unpaired) electrons. The molecule has 2 unspecified atom stereocenters. The van der Waals surface area contributed by atoms with Gasteiger partial charge in [0.15, 0.2) is 9.84 Å². The molecule has 0 bridgehead atoms. The summed E-state index contributed by atoms with van der Waals surface area (Å²) in [6.45, 7) is 1.32. The third kappa shape index (κ3) is 4.35. The standard InChI is InChI=1S/C16H17FN2O3S/c1-11(23(2,21)22)16(20)19-15(14-5-3-4-10-18-14)12-6-8-13(17)9-7-12/h3-11,15H,1-2H3,(H,19,20). The first-order valence-corrected chi connectivity index (χ1v) is 8.90. The van der Waals surface area contributed by atoms with Crippen molar-refractivity contribution < 1.29 is 17.6 Å². The van der Waals surface area contributed by atoms with Gasteiger partial charge in [0.05, 0.1) is 11.7 Å². The lowest BCUT2D eigenvalue weighted by Gasteiger charge is -2.20. The van der Waals surface area contributed by atoms with Crippen molar-refractivity contribution in [1.29, 1.82) is 0 Å². The fourth-order valence-corrected chi connectivity index (χ4v) is 2.44. The smallest absolute Gasteiger partial charge is 0.238 e. The zero-order valence-corrected chi connectivity index (χ0v) is 13.5. The van der Waals surface area contributed by atoms with Gasteiger partial charge in [0, 0.05) is 12.5 Å². The van der Waals surface area contributed by atoms with Crippen LogP contribution >= 0.6 is 0 Å². The molecule has 0 aliphatic rings. The molecule has 1 aromatic heterocycles. The van der Waals surface area contributed by atoms with E-state index in [4.69, 9.17) is 0 Å². The second-order valence-electron chi connectivity index (χ2n) is 5.22. The molecule has 7 heteroatoms. The summed E-state index contributed by atoms with van der Waals surface area (Å²) in [4.78, 5) is 16.4. The molecule has 0 saturated carbocycles. The molecule has 2 aromatic rings. The molecule has 0 aliphatic carbocycles. The van der Waals surface area contributed by atoms with E-state index < -0.39 is 32.9 Å². The number of nitrogens with one attached hydrogen (secondary N) is 1. The van der Waals surface area contributed by atoms with Crippen molar-refractivity contribution >= 4 is 15.7 Å². The molecule has 1 heterocycles. The van der Waals surface area contributed by atoms with Crippen molar-refractivity contribution in [2.45, 2.75) is 18.2 Å². The highest BCUT2D eigenvalue weighted by Gasteiger charge is 2.27. The molecular formula is C16H17FN2O3S. The quantitative estimate of drug-likeness (QED) is 0.904. The lowest BCUT2D eigenvalue weighted by molar-refractivity contribution is -0.120. The summed E-state index contributed by atoms with van der Waals surface area (Å²) < 4.78 is 36.2. The molecule has 5 nitrogen and oxygen atoms in total. The highest BCUT2D eigenvalue weighted by atomic mass is 32.2. The summed E-state index contributed by atoms with van der Waals surface area (Å²) in [6.07, 6.45) is 2.57. The molecule has 0 spiro atoms. The number of nitrogens with zero attached hydrogens (tertiary/aromatic N) is 1. The zero-order valence-electron chi connectivity index (χ0n) is 12.7. The minimum atomic E-state index is -3.51. The maximum absolute atomic E-state index is 13.1. The van der Waals surface area contributed by atoms with E-state index >= 15 is 0 Å². The number of hydrogen-bond donors (Lipinski definition) is 1. The van der Waals surface area contributed by atoms with Crippen LogP contribution in [0.15, 0.2) is 48.7 Å². The van der Waals surface area contributed by atoms with Crippen molar-refractivity contribution in [3.05, 3.63) is 65.7 Å². The van der Waals surface area contributed by atoms with Crippen LogP contribution in [0.2, 0.25) is 0 Å². The Morgan fingerprint density at radius 3 is 2.35 bits per heavy atom. The van der Waals surface area contributed by atoms with Crippen molar-refractivity contribution in [3.8, 4) is 0 Å². The molecule has 0 saturated heterocycles. The van der Waals surface area contributed by atoms with Crippen LogP contribution in [-0.4, -0.2) is 30.8 Å². The van der Waals surface area contributed by atoms with E-state index in [1.165, 1.54) is 31.2 Å². The number of pyridine rings is 1. The first-order valence-electron chi connectivity index (χ1n) is 6.94. The Kier molecular flexibility index (Phi) is 5.10. The summed E-state index contributed by atoms with van der Waals surface area (Å²) in [7, 11) is -3.51. The Labute approximate surface area is 134 Å². The molecule has 1 amide bonds. The lowest BCUT2D eigenvalue weighted by atomic mass is 10.0. The number of halogens is 1. The van der Waals surface area contributed by atoms with E-state index in [0.29, 0.717) is 11.3 Å². The Morgan fingerprint density at radius 1 is 1.17 bits per heavy atom. The van der Waals surface area contributed by atoms with Crippen LogP contribution in [0.4, 0.5) is 4.39 Å². The maximum Gasteiger partial charge on any atom is 0.238 e. The first kappa shape index (κ1) is 17.1. The number of hydrogen-bond acceptors (Lipinski definition) is 4. The van der Waals surface area contributed by atoms with Gasteiger partial charge in [-0.15, -0.1) is 0 Å². The number of benzene rings is 1. The van der Waals surface area contributed by atoms with Gasteiger partial charge in [0.25, 0.3) is 0 Å². The van der Waals surface area contributed by atoms with E-state index in [1.54, 1.807) is 24.4 Å². The fraction of sp³-hybridized carbons (Fsp3) is 0.250. The van der Waals surface area contributed by atoms with E-state index in [2.05, 4.69) is 10.3 Å². The fourth-order valence-electron chi connectivity index (χ4n) is 1.98. The van der Waals surface area contributed by atoms with Gasteiger partial charge in [-0.1, -0.05) is 18.2 Å². The van der Waals surface area contributed by atoms with E-state index in [9.17, 15) is 17.6 Å². The average Bonchev–Trinajstić information content (AvgIpc) is 2.52. The Bertz CT molecular complexity index is 777. The Morgan fingerprint density at radius 2 is 1.83 bits per heavy atom. The highest BCUT2D eigenvalue weighted by Crippen LogP contribution is 2.21. The van der Waals surface area contributed by atoms with Crippen molar-refractivity contribution in [2.75, 3.05) is 6.26 Å². The molecule has 0 aliphatic heterocycles. The van der Waals surface area contributed by atoms with Gasteiger partial charge in [0.2, 0.25) is 5.91 Å². The first-order chi connectivity index (χ1) is 10.8. The SMILES string of the molecule is CC(C(=O)NC(c1ccc(F)cc1)c1ccccn1)S(C)(=O)=O. The number of carbonyl (C=O) groups is 1. The van der Waals surface area contributed by atoms with Gasteiger partial charge in [-0.25, -0.2) is 12.8 Å². The zero-order chi connectivity index (χ0) is 17.0. The number of aromatic nitrogens is 1. The second kappa shape index (κ2) is 6.87. The van der Waals surface area contributed by atoms with Crippen LogP contribution in [-0.2, 0) is 14.6 Å². The number of carbonyl (C=O) groups excluding carboxylic acids is 1. The van der Waals surface area contributed by atoms with Gasteiger partial charge < -0.3 is 5.32 Å². The number of sulfone groups is 1. The number of amides is 1. The third-order valence-corrected chi connectivity index (χ3v) is 4.98. The van der Waals surface area contributed by atoms with Crippen LogP contribution in [0.1, 0.15) is 24.2 Å². The summed E-state index contributed by atoms with van der Waals surface area (Å²) in [5.74, 6) is -1.03. The van der Waals surface area contributed by atoms with Gasteiger partial charge in [0.1, 0.15) is 11.1 Å². The van der Waals surface area contributed by atoms with E-state index in [1.807, 2.05) is 0 Å². The summed E-state index contributed by atoms with van der Waals surface area (Å²) in [5.41, 5.74) is 1.15. The minimum Gasteiger partial charge on any atom is -0.342 e. The third-order valence-electron chi connectivity index (χ3n) is 3.48. The summed E-state index contributed by atoms with van der Waals surface area (Å²) >= 11 is 0. The molecule has 1 aromatic carbocycles. The maximum atomic E-state index is 13.1. The summed E-state index contributed by atoms with van der Waals surface area (Å²) in [6, 6.07) is 10.1. The predicted molar refractivity (Wildman–Crippen MR) is 84.9 cm³/mol. The molecule has 2 rings (SSSR count). The van der Waals surface area contributed by atoms with Crippen LogP contribution in [0.25, 0.3) is 0 Å². The topological polar surface area (TPSA) is 76.1 Å². The van der Waals surface area contributed by atoms with E-state index in [0.717, 1.165) is 6.26 Å².